The van der Waals surface area contributed by atoms with Crippen molar-refractivity contribution in [3.05, 3.63) is 16.1 Å². The summed E-state index contributed by atoms with van der Waals surface area (Å²) in [6.45, 7) is 5.94. The number of amides is 1. The van der Waals surface area contributed by atoms with Gasteiger partial charge in [-0.15, -0.1) is 11.3 Å². The third-order valence-corrected chi connectivity index (χ3v) is 2.72. The Hall–Kier alpha value is -0.940. The van der Waals surface area contributed by atoms with Gasteiger partial charge in [-0.1, -0.05) is 0 Å². The van der Waals surface area contributed by atoms with Gasteiger partial charge in [0.2, 0.25) is 5.91 Å². The van der Waals surface area contributed by atoms with Crippen LogP contribution in [0.15, 0.2) is 5.38 Å². The molecule has 0 saturated heterocycles. The zero-order chi connectivity index (χ0) is 11.1. The maximum Gasteiger partial charge on any atom is 0.216 e. The standard InChI is InChI=1S/C10H17N3OS/c1-8(14)12-6-5-11-4-3-10-7-15-9(2)13-10/h7,11H,3-6H2,1-2H3,(H,12,14). The molecule has 4 nitrogen and oxygen atoms in total. The van der Waals surface area contributed by atoms with Gasteiger partial charge in [0.1, 0.15) is 0 Å². The van der Waals surface area contributed by atoms with Crippen LogP contribution in [0.2, 0.25) is 0 Å². The first-order valence-electron chi connectivity index (χ1n) is 5.04. The Morgan fingerprint density at radius 1 is 1.47 bits per heavy atom. The Bertz CT molecular complexity index is 311. The predicted octanol–water partition coefficient (Wildman–Crippen LogP) is 0.720. The number of aromatic nitrogens is 1. The van der Waals surface area contributed by atoms with Crippen molar-refractivity contribution in [1.82, 2.24) is 15.6 Å². The highest BCUT2D eigenvalue weighted by Crippen LogP contribution is 2.07. The average Bonchev–Trinajstić information content (AvgIpc) is 2.57. The van der Waals surface area contributed by atoms with Crippen molar-refractivity contribution in [3.63, 3.8) is 0 Å². The van der Waals surface area contributed by atoms with Crippen LogP contribution in [0.1, 0.15) is 17.6 Å². The number of carbonyl (C=O) groups excluding carboxylic acids is 1. The first kappa shape index (κ1) is 12.1. The van der Waals surface area contributed by atoms with Crippen molar-refractivity contribution in [1.29, 1.82) is 0 Å². The molecule has 0 unspecified atom stereocenters. The summed E-state index contributed by atoms with van der Waals surface area (Å²) in [4.78, 5) is 14.9. The third-order valence-electron chi connectivity index (χ3n) is 1.90. The Labute approximate surface area is 94.1 Å². The Balaban J connectivity index is 2.00. The molecule has 1 rings (SSSR count). The van der Waals surface area contributed by atoms with E-state index in [0.29, 0.717) is 6.54 Å². The van der Waals surface area contributed by atoms with E-state index >= 15 is 0 Å². The maximum atomic E-state index is 10.6. The summed E-state index contributed by atoms with van der Waals surface area (Å²) in [6, 6.07) is 0. The Kier molecular flexibility index (Phi) is 5.28. The molecule has 5 heteroatoms. The fraction of sp³-hybridized carbons (Fsp3) is 0.600. The topological polar surface area (TPSA) is 54.0 Å². The molecular formula is C10H17N3OS. The van der Waals surface area contributed by atoms with Crippen molar-refractivity contribution < 1.29 is 4.79 Å². The molecule has 1 amide bonds. The van der Waals surface area contributed by atoms with E-state index in [1.165, 1.54) is 6.92 Å². The van der Waals surface area contributed by atoms with Gasteiger partial charge >= 0.3 is 0 Å². The molecule has 15 heavy (non-hydrogen) atoms. The van der Waals surface area contributed by atoms with Crippen LogP contribution >= 0.6 is 11.3 Å². The van der Waals surface area contributed by atoms with E-state index < -0.39 is 0 Å². The molecule has 1 aromatic heterocycles. The fourth-order valence-electron chi connectivity index (χ4n) is 1.19. The molecule has 0 atom stereocenters. The van der Waals surface area contributed by atoms with Crippen molar-refractivity contribution in [2.24, 2.45) is 0 Å². The predicted molar refractivity (Wildman–Crippen MR) is 62.1 cm³/mol. The van der Waals surface area contributed by atoms with E-state index in [9.17, 15) is 4.79 Å². The lowest BCUT2D eigenvalue weighted by atomic mass is 10.3. The van der Waals surface area contributed by atoms with Crippen LogP contribution in [0.25, 0.3) is 0 Å². The Morgan fingerprint density at radius 3 is 2.87 bits per heavy atom. The molecule has 0 aliphatic heterocycles. The molecule has 0 aliphatic carbocycles. The SMILES string of the molecule is CC(=O)NCCNCCc1csc(C)n1. The molecule has 0 saturated carbocycles. The minimum absolute atomic E-state index is 0.0203. The zero-order valence-electron chi connectivity index (χ0n) is 9.17. The maximum absolute atomic E-state index is 10.6. The fourth-order valence-corrected chi connectivity index (χ4v) is 1.84. The van der Waals surface area contributed by atoms with Gasteiger partial charge < -0.3 is 10.6 Å². The van der Waals surface area contributed by atoms with Gasteiger partial charge in [-0.3, -0.25) is 4.79 Å². The lowest BCUT2D eigenvalue weighted by Crippen LogP contribution is -2.31. The second-order valence-electron chi connectivity index (χ2n) is 3.34. The minimum Gasteiger partial charge on any atom is -0.355 e. The quantitative estimate of drug-likeness (QED) is 0.704. The summed E-state index contributed by atoms with van der Waals surface area (Å²) in [5, 5.41) is 9.18. The van der Waals surface area contributed by atoms with E-state index in [0.717, 1.165) is 30.2 Å². The number of thiazole rings is 1. The summed E-state index contributed by atoms with van der Waals surface area (Å²) in [5.74, 6) is 0.0203. The van der Waals surface area contributed by atoms with Crippen LogP contribution in [0, 0.1) is 6.92 Å². The average molecular weight is 227 g/mol. The van der Waals surface area contributed by atoms with E-state index in [4.69, 9.17) is 0 Å². The summed E-state index contributed by atoms with van der Waals surface area (Å²) in [6.07, 6.45) is 0.949. The van der Waals surface area contributed by atoms with Crippen molar-refractivity contribution in [2.75, 3.05) is 19.6 Å². The second-order valence-corrected chi connectivity index (χ2v) is 4.40. The van der Waals surface area contributed by atoms with Crippen molar-refractivity contribution in [2.45, 2.75) is 20.3 Å². The van der Waals surface area contributed by atoms with E-state index in [1.807, 2.05) is 6.92 Å². The molecule has 0 bridgehead atoms. The van der Waals surface area contributed by atoms with Gasteiger partial charge in [-0.05, 0) is 6.92 Å². The van der Waals surface area contributed by atoms with Gasteiger partial charge in [0.15, 0.2) is 0 Å². The number of rotatable bonds is 6. The highest BCUT2D eigenvalue weighted by molar-refractivity contribution is 7.09. The van der Waals surface area contributed by atoms with Gasteiger partial charge in [0.05, 0.1) is 10.7 Å². The third kappa shape index (κ3) is 5.49. The normalized spacial score (nSPS) is 10.3. The van der Waals surface area contributed by atoms with Crippen molar-refractivity contribution >= 4 is 17.2 Å². The highest BCUT2D eigenvalue weighted by atomic mass is 32.1. The summed E-state index contributed by atoms with van der Waals surface area (Å²) >= 11 is 1.68. The zero-order valence-corrected chi connectivity index (χ0v) is 9.99. The number of carbonyl (C=O) groups is 1. The van der Waals surface area contributed by atoms with Crippen LogP contribution < -0.4 is 10.6 Å². The molecule has 0 aliphatic rings. The molecule has 0 radical (unpaired) electrons. The molecule has 84 valence electrons. The molecule has 0 spiro atoms. The molecule has 0 fully saturated rings. The number of aryl methyl sites for hydroxylation is 1. The van der Waals surface area contributed by atoms with E-state index in [1.54, 1.807) is 11.3 Å². The first-order valence-corrected chi connectivity index (χ1v) is 5.92. The lowest BCUT2D eigenvalue weighted by Gasteiger charge is -2.03. The second kappa shape index (κ2) is 6.53. The molecule has 1 heterocycles. The summed E-state index contributed by atoms with van der Waals surface area (Å²) in [7, 11) is 0. The van der Waals surface area contributed by atoms with E-state index in [2.05, 4.69) is 21.0 Å². The van der Waals surface area contributed by atoms with Gasteiger partial charge in [0.25, 0.3) is 0 Å². The molecular weight excluding hydrogens is 210 g/mol. The van der Waals surface area contributed by atoms with Crippen molar-refractivity contribution in [3.8, 4) is 0 Å². The van der Waals surface area contributed by atoms with Crippen LogP contribution in [-0.4, -0.2) is 30.5 Å². The van der Waals surface area contributed by atoms with Crippen LogP contribution in [-0.2, 0) is 11.2 Å². The number of hydrogen-bond acceptors (Lipinski definition) is 4. The summed E-state index contributed by atoms with van der Waals surface area (Å²) in [5.41, 5.74) is 1.14. The molecule has 2 N–H and O–H groups in total. The highest BCUT2D eigenvalue weighted by Gasteiger charge is 1.97. The number of nitrogens with one attached hydrogen (secondary N) is 2. The van der Waals surface area contributed by atoms with E-state index in [-0.39, 0.29) is 5.91 Å². The smallest absolute Gasteiger partial charge is 0.216 e. The number of nitrogens with zero attached hydrogens (tertiary/aromatic N) is 1. The monoisotopic (exact) mass is 227 g/mol. The minimum atomic E-state index is 0.0203. The summed E-state index contributed by atoms with van der Waals surface area (Å²) < 4.78 is 0. The lowest BCUT2D eigenvalue weighted by molar-refractivity contribution is -0.118. The largest absolute Gasteiger partial charge is 0.355 e. The van der Waals surface area contributed by atoms with Gasteiger partial charge in [-0.25, -0.2) is 4.98 Å². The molecule has 1 aromatic rings. The molecule has 0 aromatic carbocycles. The van der Waals surface area contributed by atoms with Gasteiger partial charge in [0, 0.05) is 38.4 Å². The van der Waals surface area contributed by atoms with Crippen LogP contribution in [0.3, 0.4) is 0 Å². The Morgan fingerprint density at radius 2 is 2.27 bits per heavy atom. The number of hydrogen-bond donors (Lipinski definition) is 2. The van der Waals surface area contributed by atoms with Gasteiger partial charge in [-0.2, -0.15) is 0 Å². The first-order chi connectivity index (χ1) is 7.18. The van der Waals surface area contributed by atoms with Crippen LogP contribution in [0.5, 0.6) is 0 Å². The van der Waals surface area contributed by atoms with Crippen LogP contribution in [0.4, 0.5) is 0 Å².